The monoisotopic (exact) mass is 289 g/mol. The first kappa shape index (κ1) is 14.3. The van der Waals surface area contributed by atoms with E-state index in [1.165, 1.54) is 0 Å². The second-order valence-corrected chi connectivity index (χ2v) is 5.79. The van der Waals surface area contributed by atoms with Crippen molar-refractivity contribution in [3.8, 4) is 0 Å². The summed E-state index contributed by atoms with van der Waals surface area (Å²) in [5.74, 6) is 1.09. The van der Waals surface area contributed by atoms with Gasteiger partial charge in [0.05, 0.1) is 0 Å². The van der Waals surface area contributed by atoms with Crippen molar-refractivity contribution in [1.82, 2.24) is 20.2 Å². The van der Waals surface area contributed by atoms with Crippen LogP contribution in [0.25, 0.3) is 0 Å². The molecule has 0 radical (unpaired) electrons. The molecule has 6 heteroatoms. The molecule has 1 atom stereocenters. The number of hydrogen-bond donors (Lipinski definition) is 1. The average Bonchev–Trinajstić information content (AvgIpc) is 2.89. The highest BCUT2D eigenvalue weighted by atomic mass is 16.2. The van der Waals surface area contributed by atoms with E-state index in [1.807, 2.05) is 17.3 Å². The first-order valence-corrected chi connectivity index (χ1v) is 7.84. The predicted molar refractivity (Wildman–Crippen MR) is 81.0 cm³/mol. The first-order valence-electron chi connectivity index (χ1n) is 7.84. The van der Waals surface area contributed by atoms with Crippen LogP contribution in [0.2, 0.25) is 0 Å². The highest BCUT2D eigenvalue weighted by molar-refractivity contribution is 5.79. The van der Waals surface area contributed by atoms with Crippen LogP contribution in [0.1, 0.15) is 31.7 Å². The molecule has 1 unspecified atom stereocenters. The lowest BCUT2D eigenvalue weighted by atomic mass is 10.1. The molecule has 6 nitrogen and oxygen atoms in total. The van der Waals surface area contributed by atoms with Crippen molar-refractivity contribution in [2.45, 2.75) is 38.8 Å². The second-order valence-electron chi connectivity index (χ2n) is 5.79. The molecule has 114 valence electrons. The molecule has 1 N–H and O–H groups in total. The number of anilines is 1. The van der Waals surface area contributed by atoms with Crippen molar-refractivity contribution < 1.29 is 4.79 Å². The largest absolute Gasteiger partial charge is 0.337 e. The van der Waals surface area contributed by atoms with Gasteiger partial charge in [-0.15, -0.1) is 0 Å². The molecule has 0 aromatic carbocycles. The van der Waals surface area contributed by atoms with Gasteiger partial charge in [0.2, 0.25) is 11.9 Å². The Labute approximate surface area is 125 Å². The number of nitrogens with one attached hydrogen (secondary N) is 1. The Morgan fingerprint density at radius 1 is 1.33 bits per heavy atom. The maximum atomic E-state index is 11.7. The van der Waals surface area contributed by atoms with Gasteiger partial charge >= 0.3 is 0 Å². The summed E-state index contributed by atoms with van der Waals surface area (Å²) in [7, 11) is 0. The number of nitrogens with zero attached hydrogens (tertiary/aromatic N) is 4. The summed E-state index contributed by atoms with van der Waals surface area (Å²) in [6.07, 6.45) is 6.59. The fourth-order valence-electron chi connectivity index (χ4n) is 3.06. The molecule has 0 saturated carbocycles. The van der Waals surface area contributed by atoms with Crippen LogP contribution in [0.5, 0.6) is 0 Å². The maximum absolute atomic E-state index is 11.7. The molecule has 2 fully saturated rings. The molecule has 3 rings (SSSR count). The summed E-state index contributed by atoms with van der Waals surface area (Å²) >= 11 is 0. The van der Waals surface area contributed by atoms with Gasteiger partial charge in [-0.1, -0.05) is 6.92 Å². The van der Waals surface area contributed by atoms with Gasteiger partial charge in [-0.25, -0.2) is 9.97 Å². The van der Waals surface area contributed by atoms with E-state index >= 15 is 0 Å². The Morgan fingerprint density at radius 3 is 2.90 bits per heavy atom. The summed E-state index contributed by atoms with van der Waals surface area (Å²) in [5.41, 5.74) is 1.11. The van der Waals surface area contributed by atoms with Crippen LogP contribution in [-0.4, -0.2) is 53.0 Å². The van der Waals surface area contributed by atoms with Crippen LogP contribution in [0.3, 0.4) is 0 Å². The topological polar surface area (TPSA) is 61.4 Å². The minimum absolute atomic E-state index is 0.304. The normalized spacial score (nSPS) is 21.8. The van der Waals surface area contributed by atoms with Gasteiger partial charge in [0, 0.05) is 56.6 Å². The lowest BCUT2D eigenvalue weighted by Crippen LogP contribution is -2.52. The Hall–Kier alpha value is -1.69. The molecule has 1 amide bonds. The van der Waals surface area contributed by atoms with Crippen molar-refractivity contribution in [1.29, 1.82) is 0 Å². The zero-order valence-corrected chi connectivity index (χ0v) is 12.6. The molecule has 0 aliphatic carbocycles. The van der Waals surface area contributed by atoms with E-state index < -0.39 is 0 Å². The fourth-order valence-corrected chi connectivity index (χ4v) is 3.06. The second kappa shape index (κ2) is 6.39. The number of fused-ring (bicyclic) bond motifs is 1. The van der Waals surface area contributed by atoms with Gasteiger partial charge in [-0.2, -0.15) is 0 Å². The van der Waals surface area contributed by atoms with Gasteiger partial charge in [0.15, 0.2) is 0 Å². The molecule has 0 bridgehead atoms. The third-order valence-corrected chi connectivity index (χ3v) is 4.22. The molecule has 2 saturated heterocycles. The number of rotatable bonds is 5. The van der Waals surface area contributed by atoms with Gasteiger partial charge in [0.1, 0.15) is 0 Å². The molecule has 2 aliphatic heterocycles. The molecular weight excluding hydrogens is 266 g/mol. The summed E-state index contributed by atoms with van der Waals surface area (Å²) in [6, 6.07) is 0.348. The van der Waals surface area contributed by atoms with E-state index in [0.29, 0.717) is 18.4 Å². The van der Waals surface area contributed by atoms with Crippen molar-refractivity contribution in [3.63, 3.8) is 0 Å². The lowest BCUT2D eigenvalue weighted by molar-refractivity contribution is -0.129. The average molecular weight is 289 g/mol. The molecule has 21 heavy (non-hydrogen) atoms. The number of carbonyl (C=O) groups is 1. The van der Waals surface area contributed by atoms with E-state index in [0.717, 1.165) is 57.1 Å². The Morgan fingerprint density at radius 2 is 2.14 bits per heavy atom. The summed E-state index contributed by atoms with van der Waals surface area (Å²) < 4.78 is 0. The zero-order chi connectivity index (χ0) is 14.7. The third kappa shape index (κ3) is 3.15. The third-order valence-electron chi connectivity index (χ3n) is 4.22. The van der Waals surface area contributed by atoms with Gasteiger partial charge in [-0.3, -0.25) is 4.79 Å². The van der Waals surface area contributed by atoms with Crippen molar-refractivity contribution in [2.75, 3.05) is 31.1 Å². The molecule has 0 spiro atoms. The number of amides is 1. The molecule has 1 aromatic rings. The maximum Gasteiger partial charge on any atom is 0.225 e. The van der Waals surface area contributed by atoms with Crippen LogP contribution in [0.4, 0.5) is 5.95 Å². The summed E-state index contributed by atoms with van der Waals surface area (Å²) in [5, 5.41) is 3.35. The van der Waals surface area contributed by atoms with Crippen molar-refractivity contribution >= 4 is 11.9 Å². The fraction of sp³-hybridized carbons (Fsp3) is 0.667. The zero-order valence-electron chi connectivity index (χ0n) is 12.6. The van der Waals surface area contributed by atoms with Crippen molar-refractivity contribution in [2.24, 2.45) is 0 Å². The minimum Gasteiger partial charge on any atom is -0.337 e. The smallest absolute Gasteiger partial charge is 0.225 e. The van der Waals surface area contributed by atoms with Crippen LogP contribution in [-0.2, 0) is 11.3 Å². The number of hydrogen-bond acceptors (Lipinski definition) is 5. The van der Waals surface area contributed by atoms with Gasteiger partial charge in [0.25, 0.3) is 0 Å². The van der Waals surface area contributed by atoms with Crippen LogP contribution in [0.15, 0.2) is 12.4 Å². The van der Waals surface area contributed by atoms with Gasteiger partial charge < -0.3 is 15.1 Å². The molecular formula is C15H23N5O. The SMILES string of the molecule is CCCNCc1cnc(N2CCN3C(=O)CCC3C2)nc1. The summed E-state index contributed by atoms with van der Waals surface area (Å²) in [6.45, 7) is 6.47. The van der Waals surface area contributed by atoms with Crippen LogP contribution in [0, 0.1) is 0 Å². The highest BCUT2D eigenvalue weighted by Gasteiger charge is 2.36. The molecule has 2 aliphatic rings. The van der Waals surface area contributed by atoms with E-state index in [-0.39, 0.29) is 0 Å². The standard InChI is InChI=1S/C15H23N5O/c1-2-5-16-8-12-9-17-15(18-10-12)19-6-7-20-13(11-19)3-4-14(20)21/h9-10,13,16H,2-8,11H2,1H3. The molecule has 3 heterocycles. The van der Waals surface area contributed by atoms with E-state index in [2.05, 4.69) is 27.1 Å². The minimum atomic E-state index is 0.304. The predicted octanol–water partition coefficient (Wildman–Crippen LogP) is 0.787. The summed E-state index contributed by atoms with van der Waals surface area (Å²) in [4.78, 5) is 24.9. The Kier molecular flexibility index (Phi) is 4.34. The van der Waals surface area contributed by atoms with E-state index in [9.17, 15) is 4.79 Å². The van der Waals surface area contributed by atoms with Crippen LogP contribution >= 0.6 is 0 Å². The van der Waals surface area contributed by atoms with Crippen molar-refractivity contribution in [3.05, 3.63) is 18.0 Å². The number of aromatic nitrogens is 2. The first-order chi connectivity index (χ1) is 10.3. The Balaban J connectivity index is 1.58. The molecule has 1 aromatic heterocycles. The number of carbonyl (C=O) groups excluding carboxylic acids is 1. The quantitative estimate of drug-likeness (QED) is 0.812. The van der Waals surface area contributed by atoms with Crippen LogP contribution < -0.4 is 10.2 Å². The van der Waals surface area contributed by atoms with Gasteiger partial charge in [-0.05, 0) is 19.4 Å². The Bertz CT molecular complexity index is 489. The highest BCUT2D eigenvalue weighted by Crippen LogP contribution is 2.24. The lowest BCUT2D eigenvalue weighted by Gasteiger charge is -2.37. The number of piperazine rings is 1. The van der Waals surface area contributed by atoms with E-state index in [4.69, 9.17) is 0 Å². The van der Waals surface area contributed by atoms with E-state index in [1.54, 1.807) is 0 Å².